The van der Waals surface area contributed by atoms with Gasteiger partial charge in [-0.05, 0) is 44.4 Å². The van der Waals surface area contributed by atoms with E-state index in [-0.39, 0.29) is 11.9 Å². The number of fused-ring (bicyclic) bond motifs is 1. The number of rotatable bonds is 4. The monoisotopic (exact) mass is 395 g/mol. The molecule has 2 N–H and O–H groups in total. The van der Waals surface area contributed by atoms with Gasteiger partial charge in [-0.25, -0.2) is 0 Å². The van der Waals surface area contributed by atoms with E-state index in [4.69, 9.17) is 4.42 Å². The fraction of sp³-hybridized carbons (Fsp3) is 0.333. The molecular weight excluding hydrogens is 372 g/mol. The maximum Gasteiger partial charge on any atom is 0.235 e. The van der Waals surface area contributed by atoms with Gasteiger partial charge in [0.25, 0.3) is 0 Å². The number of quaternary nitrogens is 1. The van der Waals surface area contributed by atoms with E-state index in [9.17, 15) is 5.11 Å². The van der Waals surface area contributed by atoms with E-state index in [0.717, 1.165) is 18.0 Å². The van der Waals surface area contributed by atoms with Crippen LogP contribution in [0.2, 0.25) is 0 Å². The molecule has 0 radical (unpaired) electrons. The van der Waals surface area contributed by atoms with Gasteiger partial charge in [0.2, 0.25) is 16.7 Å². The second-order valence-electron chi connectivity index (χ2n) is 7.46. The molecule has 1 saturated heterocycles. The lowest BCUT2D eigenvalue weighted by Crippen LogP contribution is -3.13. The summed E-state index contributed by atoms with van der Waals surface area (Å²) in [7, 11) is 0. The van der Waals surface area contributed by atoms with E-state index in [2.05, 4.69) is 41.3 Å². The summed E-state index contributed by atoms with van der Waals surface area (Å²) in [5, 5.41) is 15.5. The number of thiazole rings is 1. The Morgan fingerprint density at radius 3 is 2.75 bits per heavy atom. The highest BCUT2D eigenvalue weighted by Gasteiger charge is 2.33. The molecule has 0 aliphatic carbocycles. The first-order chi connectivity index (χ1) is 13.7. The van der Waals surface area contributed by atoms with E-state index >= 15 is 0 Å². The van der Waals surface area contributed by atoms with Crippen LogP contribution in [0.5, 0.6) is 5.88 Å². The third-order valence-electron chi connectivity index (χ3n) is 5.48. The van der Waals surface area contributed by atoms with Gasteiger partial charge in [-0.2, -0.15) is 9.50 Å². The first kappa shape index (κ1) is 17.5. The number of aromatic nitrogens is 3. The minimum atomic E-state index is 0.0979. The molecule has 0 spiro atoms. The quantitative estimate of drug-likeness (QED) is 0.557. The first-order valence-corrected chi connectivity index (χ1v) is 10.6. The first-order valence-electron chi connectivity index (χ1n) is 9.74. The Labute approximate surface area is 167 Å². The molecular formula is C21H23N4O2S+. The second-order valence-corrected chi connectivity index (χ2v) is 8.47. The van der Waals surface area contributed by atoms with Crippen molar-refractivity contribution in [2.45, 2.75) is 32.2 Å². The number of nitrogens with one attached hydrogen (secondary N) is 1. The van der Waals surface area contributed by atoms with Gasteiger partial charge < -0.3 is 14.4 Å². The average molecular weight is 396 g/mol. The maximum absolute atomic E-state index is 11.1. The Hall–Kier alpha value is -2.64. The van der Waals surface area contributed by atoms with Crippen LogP contribution < -0.4 is 4.90 Å². The smallest absolute Gasteiger partial charge is 0.235 e. The summed E-state index contributed by atoms with van der Waals surface area (Å²) in [6.45, 7) is 4.34. The largest absolute Gasteiger partial charge is 0.492 e. The number of benzene rings is 1. The van der Waals surface area contributed by atoms with Crippen molar-refractivity contribution in [2.75, 3.05) is 13.1 Å². The number of nitrogens with zero attached hydrogens (tertiary/aromatic N) is 3. The molecule has 1 aromatic carbocycles. The van der Waals surface area contributed by atoms with Crippen molar-refractivity contribution in [2.24, 2.45) is 0 Å². The molecule has 4 aromatic rings. The third kappa shape index (κ3) is 3.00. The van der Waals surface area contributed by atoms with E-state index < -0.39 is 0 Å². The van der Waals surface area contributed by atoms with Crippen molar-refractivity contribution in [1.82, 2.24) is 14.6 Å². The van der Waals surface area contributed by atoms with Crippen molar-refractivity contribution in [3.63, 3.8) is 0 Å². The summed E-state index contributed by atoms with van der Waals surface area (Å²) in [5.74, 6) is 1.29. The zero-order valence-corrected chi connectivity index (χ0v) is 16.6. The van der Waals surface area contributed by atoms with Gasteiger partial charge in [0.15, 0.2) is 11.8 Å². The maximum atomic E-state index is 11.1. The molecule has 5 rings (SSSR count). The lowest BCUT2D eigenvalue weighted by molar-refractivity contribution is -0.929. The van der Waals surface area contributed by atoms with Gasteiger partial charge in [0.05, 0.1) is 19.4 Å². The Morgan fingerprint density at radius 2 is 2.04 bits per heavy atom. The molecule has 0 amide bonds. The summed E-state index contributed by atoms with van der Waals surface area (Å²) in [6.07, 6.45) is 5.34. The molecule has 1 aliphatic rings. The van der Waals surface area contributed by atoms with Crippen LogP contribution in [0.1, 0.15) is 41.3 Å². The van der Waals surface area contributed by atoms with E-state index in [1.807, 2.05) is 12.1 Å². The van der Waals surface area contributed by atoms with Crippen molar-refractivity contribution in [1.29, 1.82) is 0 Å². The van der Waals surface area contributed by atoms with Crippen LogP contribution in [0, 0.1) is 6.92 Å². The van der Waals surface area contributed by atoms with E-state index in [0.29, 0.717) is 16.5 Å². The molecule has 1 atom stereocenters. The fourth-order valence-corrected chi connectivity index (χ4v) is 5.31. The predicted octanol–water partition coefficient (Wildman–Crippen LogP) is 3.22. The van der Waals surface area contributed by atoms with E-state index in [1.54, 1.807) is 10.8 Å². The molecule has 3 aromatic heterocycles. The number of piperidine rings is 1. The molecule has 1 aliphatic heterocycles. The number of hydrogen-bond acceptors (Lipinski definition) is 5. The van der Waals surface area contributed by atoms with Gasteiger partial charge in [0, 0.05) is 5.56 Å². The molecule has 144 valence electrons. The van der Waals surface area contributed by atoms with Gasteiger partial charge in [-0.3, -0.25) is 0 Å². The Kier molecular flexibility index (Phi) is 4.41. The highest BCUT2D eigenvalue weighted by atomic mass is 32.1. The van der Waals surface area contributed by atoms with Gasteiger partial charge in [-0.15, -0.1) is 5.10 Å². The molecule has 4 heterocycles. The number of likely N-dealkylation sites (tertiary alicyclic amines) is 1. The summed E-state index contributed by atoms with van der Waals surface area (Å²) >= 11 is 1.52. The number of aromatic hydroxyl groups is 1. The minimum Gasteiger partial charge on any atom is -0.492 e. The lowest BCUT2D eigenvalue weighted by Gasteiger charge is -2.31. The molecule has 0 unspecified atom stereocenters. The van der Waals surface area contributed by atoms with Crippen LogP contribution in [-0.4, -0.2) is 32.8 Å². The summed E-state index contributed by atoms with van der Waals surface area (Å²) in [4.78, 5) is 7.71. The van der Waals surface area contributed by atoms with Crippen LogP contribution >= 0.6 is 11.3 Å². The zero-order chi connectivity index (χ0) is 19.1. The minimum absolute atomic E-state index is 0.0979. The number of aryl methyl sites for hydroxylation is 1. The van der Waals surface area contributed by atoms with Crippen LogP contribution in [0.4, 0.5) is 0 Å². The highest BCUT2D eigenvalue weighted by molar-refractivity contribution is 7.17. The lowest BCUT2D eigenvalue weighted by atomic mass is 9.99. The topological polar surface area (TPSA) is 68.0 Å². The normalized spacial score (nSPS) is 16.6. The van der Waals surface area contributed by atoms with Gasteiger partial charge >= 0.3 is 0 Å². The SMILES string of the molecule is Cc1cccc([C@@H](c2sc3nc(-c4ccco4)nn3c2O)[NH+]2CCCCC2)c1. The second kappa shape index (κ2) is 7.07. The molecule has 1 fully saturated rings. The Bertz CT molecular complexity index is 1090. The summed E-state index contributed by atoms with van der Waals surface area (Å²) < 4.78 is 6.94. The zero-order valence-electron chi connectivity index (χ0n) is 15.8. The van der Waals surface area contributed by atoms with Crippen LogP contribution in [-0.2, 0) is 0 Å². The van der Waals surface area contributed by atoms with Gasteiger partial charge in [-0.1, -0.05) is 35.1 Å². The van der Waals surface area contributed by atoms with Crippen molar-refractivity contribution < 1.29 is 14.4 Å². The van der Waals surface area contributed by atoms with Crippen LogP contribution in [0.25, 0.3) is 16.5 Å². The average Bonchev–Trinajstić information content (AvgIpc) is 3.42. The Balaban J connectivity index is 1.60. The van der Waals surface area contributed by atoms with Gasteiger partial charge in [0.1, 0.15) is 4.88 Å². The van der Waals surface area contributed by atoms with Crippen molar-refractivity contribution >= 4 is 16.3 Å². The Morgan fingerprint density at radius 1 is 1.18 bits per heavy atom. The number of furan rings is 1. The highest BCUT2D eigenvalue weighted by Crippen LogP contribution is 2.36. The van der Waals surface area contributed by atoms with Crippen molar-refractivity contribution in [3.05, 3.63) is 58.7 Å². The van der Waals surface area contributed by atoms with Crippen LogP contribution in [0.15, 0.2) is 47.1 Å². The van der Waals surface area contributed by atoms with Crippen molar-refractivity contribution in [3.8, 4) is 17.5 Å². The molecule has 6 nitrogen and oxygen atoms in total. The third-order valence-corrected chi connectivity index (χ3v) is 6.57. The summed E-state index contributed by atoms with van der Waals surface area (Å²) in [6, 6.07) is 12.3. The summed E-state index contributed by atoms with van der Waals surface area (Å²) in [5.41, 5.74) is 2.47. The predicted molar refractivity (Wildman–Crippen MR) is 108 cm³/mol. The molecule has 0 bridgehead atoms. The molecule has 0 saturated carbocycles. The molecule has 28 heavy (non-hydrogen) atoms. The molecule has 7 heteroatoms. The van der Waals surface area contributed by atoms with Crippen LogP contribution in [0.3, 0.4) is 0 Å². The standard InChI is InChI=1S/C21H22N4O2S/c1-14-7-5-8-15(13-14)17(24-10-3-2-4-11-24)18-20(26)25-21(28-18)22-19(23-25)16-9-6-12-27-16/h5-9,12-13,17,26H,2-4,10-11H2,1H3/p+1/t17-/m0/s1. The number of hydrogen-bond donors (Lipinski definition) is 2. The van der Waals surface area contributed by atoms with E-state index in [1.165, 1.54) is 46.6 Å². The fourth-order valence-electron chi connectivity index (χ4n) is 4.17.